The number of halogens is 6. The molecule has 0 aliphatic carbocycles. The minimum atomic E-state index is -5.03. The molecule has 0 radical (unpaired) electrons. The molecule has 0 aliphatic rings. The molecule has 3 aromatic carbocycles. The second-order valence-electron chi connectivity index (χ2n) is 9.36. The average Bonchev–Trinajstić information content (AvgIpc) is 2.90. The molecule has 0 saturated heterocycles. The number of aromatic nitrogens is 1. The third kappa shape index (κ3) is 8.01. The van der Waals surface area contributed by atoms with Gasteiger partial charge in [0.1, 0.15) is 16.4 Å². The van der Waals surface area contributed by atoms with Crippen molar-refractivity contribution in [1.29, 1.82) is 0 Å². The SMILES string of the molecule is Cc1ccc(S(=O)(=O)NCC(Cc2ccccc2)(c2cccc(OC(F)(F)F)c2)c2cccc(OC(F)(F)F)c2)cn1. The van der Waals surface area contributed by atoms with E-state index in [1.165, 1.54) is 36.4 Å². The number of hydrogen-bond acceptors (Lipinski definition) is 5. The zero-order chi connectivity index (χ0) is 30.6. The van der Waals surface area contributed by atoms with Crippen LogP contribution in [0.4, 0.5) is 26.3 Å². The molecule has 0 aliphatic heterocycles. The number of alkyl halides is 6. The molecule has 0 bridgehead atoms. The van der Waals surface area contributed by atoms with Crippen LogP contribution in [0.5, 0.6) is 11.5 Å². The lowest BCUT2D eigenvalue weighted by Crippen LogP contribution is -2.43. The van der Waals surface area contributed by atoms with Crippen molar-refractivity contribution in [1.82, 2.24) is 9.71 Å². The Morgan fingerprint density at radius 2 is 1.29 bits per heavy atom. The summed E-state index contributed by atoms with van der Waals surface area (Å²) in [6, 6.07) is 21.1. The molecule has 0 atom stereocenters. The van der Waals surface area contributed by atoms with Crippen molar-refractivity contribution in [2.24, 2.45) is 0 Å². The molecule has 0 saturated carbocycles. The molecule has 4 rings (SSSR count). The molecular weight excluding hydrogens is 586 g/mol. The van der Waals surface area contributed by atoms with Gasteiger partial charge in [-0.2, -0.15) is 0 Å². The van der Waals surface area contributed by atoms with Crippen LogP contribution in [0.3, 0.4) is 0 Å². The van der Waals surface area contributed by atoms with Gasteiger partial charge >= 0.3 is 12.7 Å². The van der Waals surface area contributed by atoms with Crippen molar-refractivity contribution in [2.75, 3.05) is 6.54 Å². The highest BCUT2D eigenvalue weighted by Gasteiger charge is 2.39. The van der Waals surface area contributed by atoms with Crippen LogP contribution in [0.25, 0.3) is 0 Å². The van der Waals surface area contributed by atoms with E-state index in [9.17, 15) is 34.8 Å². The lowest BCUT2D eigenvalue weighted by atomic mass is 9.70. The summed E-state index contributed by atoms with van der Waals surface area (Å²) in [6.07, 6.45) is -8.94. The molecular formula is C29H24F6N2O4S. The number of aryl methyl sites for hydroxylation is 1. The highest BCUT2D eigenvalue weighted by molar-refractivity contribution is 7.89. The van der Waals surface area contributed by atoms with E-state index in [0.29, 0.717) is 11.3 Å². The first-order chi connectivity index (χ1) is 19.7. The Morgan fingerprint density at radius 1 is 0.738 bits per heavy atom. The molecule has 1 aromatic heterocycles. The maximum Gasteiger partial charge on any atom is 0.573 e. The minimum absolute atomic E-state index is 0.0343. The summed E-state index contributed by atoms with van der Waals surface area (Å²) in [5.41, 5.74) is -0.0834. The summed E-state index contributed by atoms with van der Waals surface area (Å²) >= 11 is 0. The first-order valence-electron chi connectivity index (χ1n) is 12.3. The molecule has 0 unspecified atom stereocenters. The number of nitrogens with zero attached hydrogens (tertiary/aromatic N) is 1. The molecule has 4 aromatic rings. The number of hydrogen-bond donors (Lipinski definition) is 1. The topological polar surface area (TPSA) is 77.5 Å². The van der Waals surface area contributed by atoms with Crippen LogP contribution in [0, 0.1) is 6.92 Å². The predicted molar refractivity (Wildman–Crippen MR) is 141 cm³/mol. The van der Waals surface area contributed by atoms with E-state index in [2.05, 4.69) is 19.2 Å². The van der Waals surface area contributed by atoms with E-state index < -0.39 is 46.2 Å². The number of rotatable bonds is 10. The molecule has 13 heteroatoms. The van der Waals surface area contributed by atoms with Crippen molar-refractivity contribution in [3.05, 3.63) is 120 Å². The van der Waals surface area contributed by atoms with E-state index in [4.69, 9.17) is 0 Å². The fraction of sp³-hybridized carbons (Fsp3) is 0.207. The van der Waals surface area contributed by atoms with E-state index in [1.54, 1.807) is 37.3 Å². The quantitative estimate of drug-likeness (QED) is 0.203. The Morgan fingerprint density at radius 3 is 1.76 bits per heavy atom. The Balaban J connectivity index is 1.91. The van der Waals surface area contributed by atoms with Gasteiger partial charge in [0.2, 0.25) is 10.0 Å². The molecule has 0 spiro atoms. The van der Waals surface area contributed by atoms with Crippen LogP contribution >= 0.6 is 0 Å². The van der Waals surface area contributed by atoms with Crippen molar-refractivity contribution >= 4 is 10.0 Å². The standard InChI is InChI=1S/C29H24F6N2O4S/c1-20-13-14-26(18-36-20)42(38,39)37-19-27(17-21-7-3-2-4-8-21,22-9-5-11-24(15-22)40-28(30,31)32)23-10-6-12-25(16-23)41-29(33,34)35/h2-16,18,37H,17,19H2,1H3. The summed E-state index contributed by atoms with van der Waals surface area (Å²) in [5.74, 6) is -1.18. The maximum atomic E-state index is 13.3. The van der Waals surface area contributed by atoms with Crippen molar-refractivity contribution in [3.63, 3.8) is 0 Å². The van der Waals surface area contributed by atoms with Crippen molar-refractivity contribution < 1.29 is 44.2 Å². The van der Waals surface area contributed by atoms with Crippen LogP contribution in [0.15, 0.2) is 102 Å². The molecule has 1 heterocycles. The van der Waals surface area contributed by atoms with E-state index >= 15 is 0 Å². The summed E-state index contributed by atoms with van der Waals surface area (Å²) < 4.78 is 116. The molecule has 222 valence electrons. The first kappa shape index (κ1) is 30.8. The number of benzene rings is 3. The van der Waals surface area contributed by atoms with Gasteiger partial charge in [0, 0.05) is 23.9 Å². The summed E-state index contributed by atoms with van der Waals surface area (Å²) in [7, 11) is -4.23. The van der Waals surface area contributed by atoms with Gasteiger partial charge in [-0.15, -0.1) is 26.3 Å². The second-order valence-corrected chi connectivity index (χ2v) is 11.1. The van der Waals surface area contributed by atoms with Gasteiger partial charge in [-0.3, -0.25) is 4.98 Å². The average molecular weight is 611 g/mol. The Bertz CT molecular complexity index is 1550. The third-order valence-electron chi connectivity index (χ3n) is 6.35. The van der Waals surface area contributed by atoms with Crippen molar-refractivity contribution in [3.8, 4) is 11.5 Å². The largest absolute Gasteiger partial charge is 0.573 e. The van der Waals surface area contributed by atoms with Gasteiger partial charge < -0.3 is 9.47 Å². The third-order valence-corrected chi connectivity index (χ3v) is 7.73. The monoisotopic (exact) mass is 610 g/mol. The lowest BCUT2D eigenvalue weighted by molar-refractivity contribution is -0.275. The summed E-state index contributed by atoms with van der Waals surface area (Å²) in [5, 5.41) is 0. The van der Waals surface area contributed by atoms with Gasteiger partial charge in [-0.25, -0.2) is 13.1 Å². The molecule has 1 N–H and O–H groups in total. The second kappa shape index (κ2) is 12.0. The molecule has 42 heavy (non-hydrogen) atoms. The van der Waals surface area contributed by atoms with Crippen LogP contribution < -0.4 is 14.2 Å². The highest BCUT2D eigenvalue weighted by Crippen LogP contribution is 2.40. The van der Waals surface area contributed by atoms with Gasteiger partial charge in [0.05, 0.1) is 0 Å². The van der Waals surface area contributed by atoms with Crippen LogP contribution in [0.1, 0.15) is 22.4 Å². The number of pyridine rings is 1. The number of sulfonamides is 1. The van der Waals surface area contributed by atoms with Crippen LogP contribution in [-0.4, -0.2) is 32.7 Å². The van der Waals surface area contributed by atoms with Crippen LogP contribution in [0.2, 0.25) is 0 Å². The van der Waals surface area contributed by atoms with E-state index in [-0.39, 0.29) is 22.4 Å². The predicted octanol–water partition coefficient (Wildman–Crippen LogP) is 6.69. The fourth-order valence-corrected chi connectivity index (χ4v) is 5.52. The summed E-state index contributed by atoms with van der Waals surface area (Å²) in [6.45, 7) is 1.20. The zero-order valence-electron chi connectivity index (χ0n) is 21.9. The van der Waals surface area contributed by atoms with Crippen LogP contribution in [-0.2, 0) is 21.9 Å². The number of ether oxygens (including phenoxy) is 2. The fourth-order valence-electron chi connectivity index (χ4n) is 4.48. The van der Waals surface area contributed by atoms with Gasteiger partial charge in [-0.05, 0) is 66.4 Å². The summed E-state index contributed by atoms with van der Waals surface area (Å²) in [4.78, 5) is 3.82. The Hall–Kier alpha value is -4.10. The van der Waals surface area contributed by atoms with Gasteiger partial charge in [0.25, 0.3) is 0 Å². The highest BCUT2D eigenvalue weighted by atomic mass is 32.2. The maximum absolute atomic E-state index is 13.3. The van der Waals surface area contributed by atoms with Gasteiger partial charge in [0.15, 0.2) is 0 Å². The number of nitrogens with one attached hydrogen (secondary N) is 1. The minimum Gasteiger partial charge on any atom is -0.406 e. The smallest absolute Gasteiger partial charge is 0.406 e. The first-order valence-corrected chi connectivity index (χ1v) is 13.8. The van der Waals surface area contributed by atoms with E-state index in [1.807, 2.05) is 0 Å². The van der Waals surface area contributed by atoms with Crippen molar-refractivity contribution in [2.45, 2.75) is 36.4 Å². The molecule has 6 nitrogen and oxygen atoms in total. The molecule has 0 fully saturated rings. The normalized spacial score (nSPS) is 12.6. The van der Waals surface area contributed by atoms with E-state index in [0.717, 1.165) is 30.5 Å². The van der Waals surface area contributed by atoms with Gasteiger partial charge in [-0.1, -0.05) is 54.6 Å². The molecule has 0 amide bonds. The lowest BCUT2D eigenvalue weighted by Gasteiger charge is -2.36. The Labute approximate surface area is 238 Å². The Kier molecular flexibility index (Phi) is 8.83. The zero-order valence-corrected chi connectivity index (χ0v) is 22.7.